The standard InChI is InChI=1S/C16H10N2O7S2/c19-15-14(26-16(20)17-15)9-10-1-5-12(6-2-10)25-27(23,24)13-7-3-11(4-8-13)18(21)22/h1-9H,(H,17,19,20)/b14-9-. The average Bonchev–Trinajstić information content (AvgIpc) is 2.93. The first-order valence-corrected chi connectivity index (χ1v) is 9.51. The summed E-state index contributed by atoms with van der Waals surface area (Å²) < 4.78 is 29.4. The Labute approximate surface area is 157 Å². The maximum atomic E-state index is 12.2. The second-order valence-corrected chi connectivity index (χ2v) is 7.77. The van der Waals surface area contributed by atoms with Gasteiger partial charge in [0, 0.05) is 12.1 Å². The number of hydrogen-bond acceptors (Lipinski definition) is 8. The Morgan fingerprint density at radius 3 is 2.19 bits per heavy atom. The molecule has 1 heterocycles. The van der Waals surface area contributed by atoms with Crippen LogP contribution in [-0.4, -0.2) is 24.5 Å². The Kier molecular flexibility index (Phi) is 4.97. The summed E-state index contributed by atoms with van der Waals surface area (Å²) in [6.45, 7) is 0. The molecule has 1 N–H and O–H groups in total. The first-order chi connectivity index (χ1) is 12.7. The van der Waals surface area contributed by atoms with E-state index >= 15 is 0 Å². The van der Waals surface area contributed by atoms with Crippen molar-refractivity contribution in [2.75, 3.05) is 0 Å². The minimum atomic E-state index is -4.16. The Balaban J connectivity index is 1.75. The van der Waals surface area contributed by atoms with Crippen LogP contribution >= 0.6 is 11.8 Å². The fraction of sp³-hybridized carbons (Fsp3) is 0. The third-order valence-corrected chi connectivity index (χ3v) is 5.43. The van der Waals surface area contributed by atoms with Crippen LogP contribution in [0, 0.1) is 10.1 Å². The molecule has 0 unspecified atom stereocenters. The van der Waals surface area contributed by atoms with Gasteiger partial charge < -0.3 is 4.18 Å². The quantitative estimate of drug-likeness (QED) is 0.347. The molecule has 0 aromatic heterocycles. The molecule has 2 amide bonds. The van der Waals surface area contributed by atoms with Crippen molar-refractivity contribution in [3.05, 3.63) is 69.1 Å². The lowest BCUT2D eigenvalue weighted by atomic mass is 10.2. The van der Waals surface area contributed by atoms with Crippen LogP contribution in [0.3, 0.4) is 0 Å². The highest BCUT2D eigenvalue weighted by Gasteiger charge is 2.25. The van der Waals surface area contributed by atoms with Crippen molar-refractivity contribution < 1.29 is 27.1 Å². The summed E-state index contributed by atoms with van der Waals surface area (Å²) in [7, 11) is -4.16. The molecule has 9 nitrogen and oxygen atoms in total. The molecule has 2 aromatic rings. The topological polar surface area (TPSA) is 133 Å². The van der Waals surface area contributed by atoms with Gasteiger partial charge in [-0.2, -0.15) is 8.42 Å². The van der Waals surface area contributed by atoms with E-state index in [1.165, 1.54) is 30.3 Å². The lowest BCUT2D eigenvalue weighted by Crippen LogP contribution is -2.17. The Hall–Kier alpha value is -3.18. The third kappa shape index (κ3) is 4.33. The van der Waals surface area contributed by atoms with E-state index in [1.54, 1.807) is 0 Å². The molecule has 0 radical (unpaired) electrons. The van der Waals surface area contributed by atoms with Gasteiger partial charge in [0.25, 0.3) is 16.8 Å². The molecule has 0 atom stereocenters. The summed E-state index contributed by atoms with van der Waals surface area (Å²) in [6.07, 6.45) is 1.49. The predicted octanol–water partition coefficient (Wildman–Crippen LogP) is 2.69. The normalized spacial score (nSPS) is 15.6. The van der Waals surface area contributed by atoms with Crippen LogP contribution in [0.5, 0.6) is 5.75 Å². The maximum absolute atomic E-state index is 12.2. The summed E-state index contributed by atoms with van der Waals surface area (Å²) in [4.78, 5) is 32.6. The largest absolute Gasteiger partial charge is 0.379 e. The molecule has 1 fully saturated rings. The van der Waals surface area contributed by atoms with Crippen molar-refractivity contribution in [2.24, 2.45) is 0 Å². The summed E-state index contributed by atoms with van der Waals surface area (Å²) >= 11 is 0.770. The number of imide groups is 1. The number of thioether (sulfide) groups is 1. The summed E-state index contributed by atoms with van der Waals surface area (Å²) in [5.41, 5.74) is 0.334. The zero-order valence-electron chi connectivity index (χ0n) is 13.3. The minimum Gasteiger partial charge on any atom is -0.379 e. The third-order valence-electron chi connectivity index (χ3n) is 3.36. The summed E-state index contributed by atoms with van der Waals surface area (Å²) in [6, 6.07) is 10.1. The number of nitrogens with zero attached hydrogens (tertiary/aromatic N) is 1. The Bertz CT molecular complexity index is 1060. The zero-order valence-corrected chi connectivity index (χ0v) is 15.0. The molecule has 1 aliphatic heterocycles. The van der Waals surface area contributed by atoms with Crippen molar-refractivity contribution >= 4 is 44.8 Å². The van der Waals surface area contributed by atoms with E-state index in [0.717, 1.165) is 36.0 Å². The SMILES string of the molecule is O=C1NC(=O)/C(=C/c2ccc(OS(=O)(=O)c3ccc([N+](=O)[O-])cc3)cc2)S1. The van der Waals surface area contributed by atoms with Gasteiger partial charge in [0.15, 0.2) is 0 Å². The number of non-ortho nitro benzene ring substituents is 1. The fourth-order valence-corrected chi connectivity index (χ4v) is 3.71. The molecular weight excluding hydrogens is 396 g/mol. The lowest BCUT2D eigenvalue weighted by molar-refractivity contribution is -0.384. The molecule has 138 valence electrons. The molecule has 3 rings (SSSR count). The highest BCUT2D eigenvalue weighted by molar-refractivity contribution is 8.18. The van der Waals surface area contributed by atoms with E-state index in [4.69, 9.17) is 4.18 Å². The van der Waals surface area contributed by atoms with Gasteiger partial charge in [-0.15, -0.1) is 0 Å². The molecule has 2 aromatic carbocycles. The molecule has 0 spiro atoms. The second-order valence-electron chi connectivity index (χ2n) is 5.21. The van der Waals surface area contributed by atoms with Gasteiger partial charge in [-0.3, -0.25) is 25.0 Å². The van der Waals surface area contributed by atoms with Gasteiger partial charge in [0.05, 0.1) is 9.83 Å². The van der Waals surface area contributed by atoms with Gasteiger partial charge in [0.2, 0.25) is 0 Å². The van der Waals surface area contributed by atoms with Crippen LogP contribution in [0.2, 0.25) is 0 Å². The van der Waals surface area contributed by atoms with Crippen molar-refractivity contribution in [1.82, 2.24) is 5.32 Å². The number of nitro benzene ring substituents is 1. The van der Waals surface area contributed by atoms with E-state index in [2.05, 4.69) is 5.32 Å². The number of amides is 2. The number of benzene rings is 2. The van der Waals surface area contributed by atoms with E-state index in [1.807, 2.05) is 0 Å². The van der Waals surface area contributed by atoms with Gasteiger partial charge in [-0.05, 0) is 47.7 Å². The highest BCUT2D eigenvalue weighted by Crippen LogP contribution is 2.27. The van der Waals surface area contributed by atoms with Crippen LogP contribution in [0.15, 0.2) is 58.3 Å². The second kappa shape index (κ2) is 7.21. The molecule has 27 heavy (non-hydrogen) atoms. The molecule has 1 aliphatic rings. The zero-order chi connectivity index (χ0) is 19.6. The molecular formula is C16H10N2O7S2. The molecule has 0 bridgehead atoms. The monoisotopic (exact) mass is 406 g/mol. The number of nitro groups is 1. The van der Waals surface area contributed by atoms with E-state index in [9.17, 15) is 28.1 Å². The summed E-state index contributed by atoms with van der Waals surface area (Å²) in [5, 5.41) is 12.3. The molecule has 1 saturated heterocycles. The number of rotatable bonds is 5. The average molecular weight is 406 g/mol. The lowest BCUT2D eigenvalue weighted by Gasteiger charge is -2.07. The first kappa shape index (κ1) is 18.6. The van der Waals surface area contributed by atoms with Crippen LogP contribution < -0.4 is 9.50 Å². The van der Waals surface area contributed by atoms with Gasteiger partial charge >= 0.3 is 10.1 Å². The van der Waals surface area contributed by atoms with Crippen LogP contribution in [0.25, 0.3) is 6.08 Å². The molecule has 11 heteroatoms. The van der Waals surface area contributed by atoms with E-state index in [0.29, 0.717) is 5.56 Å². The fourth-order valence-electron chi connectivity index (χ4n) is 2.10. The first-order valence-electron chi connectivity index (χ1n) is 7.28. The van der Waals surface area contributed by atoms with Crippen LogP contribution in [-0.2, 0) is 14.9 Å². The number of nitrogens with one attached hydrogen (secondary N) is 1. The van der Waals surface area contributed by atoms with Crippen molar-refractivity contribution in [2.45, 2.75) is 4.90 Å². The van der Waals surface area contributed by atoms with Gasteiger partial charge in [-0.25, -0.2) is 0 Å². The minimum absolute atomic E-state index is 0.0232. The highest BCUT2D eigenvalue weighted by atomic mass is 32.2. The molecule has 0 saturated carbocycles. The van der Waals surface area contributed by atoms with Crippen LogP contribution in [0.4, 0.5) is 10.5 Å². The van der Waals surface area contributed by atoms with E-state index in [-0.39, 0.29) is 21.2 Å². The number of carbonyl (C=O) groups excluding carboxylic acids is 2. The Morgan fingerprint density at radius 1 is 1.04 bits per heavy atom. The van der Waals surface area contributed by atoms with Crippen molar-refractivity contribution in [3.8, 4) is 5.75 Å². The van der Waals surface area contributed by atoms with E-state index < -0.39 is 26.2 Å². The van der Waals surface area contributed by atoms with Gasteiger partial charge in [0.1, 0.15) is 10.6 Å². The maximum Gasteiger partial charge on any atom is 0.339 e. The van der Waals surface area contributed by atoms with Crippen molar-refractivity contribution in [1.29, 1.82) is 0 Å². The van der Waals surface area contributed by atoms with Gasteiger partial charge in [-0.1, -0.05) is 12.1 Å². The van der Waals surface area contributed by atoms with Crippen molar-refractivity contribution in [3.63, 3.8) is 0 Å². The predicted molar refractivity (Wildman–Crippen MR) is 96.5 cm³/mol. The summed E-state index contributed by atoms with van der Waals surface area (Å²) in [5.74, 6) is -0.471. The smallest absolute Gasteiger partial charge is 0.339 e. The van der Waals surface area contributed by atoms with Crippen LogP contribution in [0.1, 0.15) is 5.56 Å². The molecule has 0 aliphatic carbocycles. The number of hydrogen-bond donors (Lipinski definition) is 1. The Morgan fingerprint density at radius 2 is 1.67 bits per heavy atom. The number of carbonyl (C=O) groups is 2.